The fourth-order valence-corrected chi connectivity index (χ4v) is 3.09. The fraction of sp³-hybridized carbons (Fsp3) is 0.643. The highest BCUT2D eigenvalue weighted by atomic mass is 16.3. The van der Waals surface area contributed by atoms with Crippen molar-refractivity contribution in [2.45, 2.75) is 44.9 Å². The monoisotopic (exact) mass is 247 g/mol. The smallest absolute Gasteiger partial charge is 0.132 e. The molecule has 0 aromatic carbocycles. The number of anilines is 1. The number of rotatable bonds is 2. The molecular formula is C14H21N3O. The molecule has 3 rings (SSSR count). The number of nitrogens with one attached hydrogen (secondary N) is 1. The van der Waals surface area contributed by atoms with Gasteiger partial charge in [-0.3, -0.25) is 0 Å². The SMILES string of the molecule is CCC(O)c1ccc2c(n1)N1[C@@H](CNC[C@H]1C)C2. The molecule has 0 spiro atoms. The van der Waals surface area contributed by atoms with E-state index in [1.807, 2.05) is 13.0 Å². The predicted octanol–water partition coefficient (Wildman–Crippen LogP) is 1.25. The van der Waals surface area contributed by atoms with Crippen LogP contribution in [0.15, 0.2) is 12.1 Å². The number of aliphatic hydroxyl groups is 1. The summed E-state index contributed by atoms with van der Waals surface area (Å²) in [6.45, 7) is 6.26. The Morgan fingerprint density at radius 1 is 1.50 bits per heavy atom. The highest BCUT2D eigenvalue weighted by Crippen LogP contribution is 2.34. The second kappa shape index (κ2) is 4.52. The molecule has 1 unspecified atom stereocenters. The van der Waals surface area contributed by atoms with Crippen LogP contribution < -0.4 is 10.2 Å². The Balaban J connectivity index is 1.96. The van der Waals surface area contributed by atoms with E-state index >= 15 is 0 Å². The van der Waals surface area contributed by atoms with Gasteiger partial charge in [0.1, 0.15) is 5.82 Å². The summed E-state index contributed by atoms with van der Waals surface area (Å²) in [5.41, 5.74) is 2.13. The van der Waals surface area contributed by atoms with Gasteiger partial charge in [0.2, 0.25) is 0 Å². The lowest BCUT2D eigenvalue weighted by atomic mass is 10.1. The molecule has 0 aliphatic carbocycles. The van der Waals surface area contributed by atoms with Crippen LogP contribution in [0.2, 0.25) is 0 Å². The van der Waals surface area contributed by atoms with E-state index in [4.69, 9.17) is 4.98 Å². The fourth-order valence-electron chi connectivity index (χ4n) is 3.09. The number of fused-ring (bicyclic) bond motifs is 3. The molecule has 0 amide bonds. The second-order valence-electron chi connectivity index (χ2n) is 5.42. The first-order chi connectivity index (χ1) is 8.70. The molecule has 98 valence electrons. The Morgan fingerprint density at radius 2 is 2.33 bits per heavy atom. The molecular weight excluding hydrogens is 226 g/mol. The van der Waals surface area contributed by atoms with Crippen molar-refractivity contribution >= 4 is 5.82 Å². The first kappa shape index (κ1) is 11.9. The molecule has 3 atom stereocenters. The number of nitrogens with zero attached hydrogens (tertiary/aromatic N) is 2. The standard InChI is InChI=1S/C14H21N3O/c1-3-13(18)12-5-4-10-6-11-8-15-7-9(2)17(11)14(10)16-12/h4-5,9,11,13,15,18H,3,6-8H2,1-2H3/t9-,11-,13?/m1/s1. The first-order valence-electron chi connectivity index (χ1n) is 6.87. The largest absolute Gasteiger partial charge is 0.387 e. The number of aromatic nitrogens is 1. The molecule has 18 heavy (non-hydrogen) atoms. The lowest BCUT2D eigenvalue weighted by Crippen LogP contribution is -2.55. The van der Waals surface area contributed by atoms with Crippen LogP contribution in [0, 0.1) is 0 Å². The number of aliphatic hydroxyl groups excluding tert-OH is 1. The number of hydrogen-bond acceptors (Lipinski definition) is 4. The molecule has 2 aliphatic rings. The van der Waals surface area contributed by atoms with Crippen LogP contribution in [0.25, 0.3) is 0 Å². The van der Waals surface area contributed by atoms with Gasteiger partial charge in [0.05, 0.1) is 11.8 Å². The summed E-state index contributed by atoms with van der Waals surface area (Å²) in [7, 11) is 0. The molecule has 1 aromatic heterocycles. The third-order valence-electron chi connectivity index (χ3n) is 4.09. The molecule has 2 N–H and O–H groups in total. The molecule has 4 nitrogen and oxygen atoms in total. The van der Waals surface area contributed by atoms with Crippen molar-refractivity contribution < 1.29 is 5.11 Å². The van der Waals surface area contributed by atoms with E-state index < -0.39 is 6.10 Å². The minimum absolute atomic E-state index is 0.437. The van der Waals surface area contributed by atoms with Crippen molar-refractivity contribution in [3.63, 3.8) is 0 Å². The predicted molar refractivity (Wildman–Crippen MR) is 71.8 cm³/mol. The Hall–Kier alpha value is -1.13. The lowest BCUT2D eigenvalue weighted by Gasteiger charge is -2.37. The quantitative estimate of drug-likeness (QED) is 0.826. The molecule has 2 aliphatic heterocycles. The Morgan fingerprint density at radius 3 is 3.11 bits per heavy atom. The minimum Gasteiger partial charge on any atom is -0.387 e. The summed E-state index contributed by atoms with van der Waals surface area (Å²) in [5.74, 6) is 1.10. The normalized spacial score (nSPS) is 27.8. The van der Waals surface area contributed by atoms with Crippen molar-refractivity contribution in [1.29, 1.82) is 0 Å². The Bertz CT molecular complexity index is 449. The maximum absolute atomic E-state index is 9.93. The highest BCUT2D eigenvalue weighted by Gasteiger charge is 2.36. The summed E-state index contributed by atoms with van der Waals surface area (Å²) in [5, 5.41) is 13.4. The summed E-state index contributed by atoms with van der Waals surface area (Å²) >= 11 is 0. The molecule has 4 heteroatoms. The van der Waals surface area contributed by atoms with Crippen LogP contribution in [0.3, 0.4) is 0 Å². The summed E-state index contributed by atoms with van der Waals surface area (Å²) in [6, 6.07) is 5.13. The van der Waals surface area contributed by atoms with Gasteiger partial charge < -0.3 is 15.3 Å². The van der Waals surface area contributed by atoms with E-state index in [1.165, 1.54) is 5.56 Å². The molecule has 0 bridgehead atoms. The highest BCUT2D eigenvalue weighted by molar-refractivity contribution is 5.56. The maximum atomic E-state index is 9.93. The molecule has 1 saturated heterocycles. The Kier molecular flexibility index (Phi) is 2.99. The topological polar surface area (TPSA) is 48.4 Å². The average Bonchev–Trinajstić information content (AvgIpc) is 2.76. The van der Waals surface area contributed by atoms with Gasteiger partial charge in [-0.05, 0) is 31.4 Å². The molecule has 0 radical (unpaired) electrons. The van der Waals surface area contributed by atoms with Crippen LogP contribution in [-0.2, 0) is 6.42 Å². The third-order valence-corrected chi connectivity index (χ3v) is 4.09. The van der Waals surface area contributed by atoms with Crippen molar-refractivity contribution in [1.82, 2.24) is 10.3 Å². The van der Waals surface area contributed by atoms with E-state index in [-0.39, 0.29) is 0 Å². The van der Waals surface area contributed by atoms with Crippen molar-refractivity contribution in [2.24, 2.45) is 0 Å². The van der Waals surface area contributed by atoms with Gasteiger partial charge in [-0.25, -0.2) is 4.98 Å². The zero-order valence-electron chi connectivity index (χ0n) is 11.1. The van der Waals surface area contributed by atoms with Gasteiger partial charge in [0.15, 0.2) is 0 Å². The zero-order chi connectivity index (χ0) is 12.7. The molecule has 0 saturated carbocycles. The molecule has 1 fully saturated rings. The van der Waals surface area contributed by atoms with Crippen molar-refractivity contribution in [3.8, 4) is 0 Å². The van der Waals surface area contributed by atoms with E-state index in [0.717, 1.165) is 31.0 Å². The first-order valence-corrected chi connectivity index (χ1v) is 6.87. The molecule has 1 aromatic rings. The van der Waals surface area contributed by atoms with Crippen molar-refractivity contribution in [3.05, 3.63) is 23.4 Å². The Labute approximate surface area is 108 Å². The van der Waals surface area contributed by atoms with E-state index in [2.05, 4.69) is 23.2 Å². The van der Waals surface area contributed by atoms with Gasteiger partial charge >= 0.3 is 0 Å². The van der Waals surface area contributed by atoms with Crippen molar-refractivity contribution in [2.75, 3.05) is 18.0 Å². The van der Waals surface area contributed by atoms with Gasteiger partial charge in [0.25, 0.3) is 0 Å². The lowest BCUT2D eigenvalue weighted by molar-refractivity contribution is 0.169. The third kappa shape index (κ3) is 1.80. The molecule has 3 heterocycles. The van der Waals surface area contributed by atoms with Gasteiger partial charge in [0, 0.05) is 25.2 Å². The van der Waals surface area contributed by atoms with Gasteiger partial charge in [-0.2, -0.15) is 0 Å². The number of pyridine rings is 1. The van der Waals surface area contributed by atoms with Crippen LogP contribution in [0.5, 0.6) is 0 Å². The van der Waals surface area contributed by atoms with E-state index in [0.29, 0.717) is 18.5 Å². The summed E-state index contributed by atoms with van der Waals surface area (Å²) < 4.78 is 0. The summed E-state index contributed by atoms with van der Waals surface area (Å²) in [6.07, 6.45) is 1.35. The van der Waals surface area contributed by atoms with Crippen LogP contribution >= 0.6 is 0 Å². The number of piperazine rings is 1. The van der Waals surface area contributed by atoms with E-state index in [1.54, 1.807) is 0 Å². The zero-order valence-corrected chi connectivity index (χ0v) is 11.1. The van der Waals surface area contributed by atoms with Crippen LogP contribution in [-0.4, -0.2) is 35.3 Å². The van der Waals surface area contributed by atoms with Crippen LogP contribution in [0.1, 0.15) is 37.6 Å². The second-order valence-corrected chi connectivity index (χ2v) is 5.42. The van der Waals surface area contributed by atoms with Crippen LogP contribution in [0.4, 0.5) is 5.82 Å². The maximum Gasteiger partial charge on any atom is 0.132 e. The van der Waals surface area contributed by atoms with Gasteiger partial charge in [-0.1, -0.05) is 13.0 Å². The summed E-state index contributed by atoms with van der Waals surface area (Å²) in [4.78, 5) is 7.14. The minimum atomic E-state index is -0.437. The van der Waals surface area contributed by atoms with E-state index in [9.17, 15) is 5.11 Å². The number of hydrogen-bond donors (Lipinski definition) is 2. The average molecular weight is 247 g/mol. The van der Waals surface area contributed by atoms with Gasteiger partial charge in [-0.15, -0.1) is 0 Å².